The van der Waals surface area contributed by atoms with Crippen molar-refractivity contribution in [2.24, 2.45) is 0 Å². The number of morpholine rings is 1. The Morgan fingerprint density at radius 2 is 1.71 bits per heavy atom. The smallest absolute Gasteiger partial charge is 0.318 e. The Hall–Kier alpha value is -1.55. The van der Waals surface area contributed by atoms with Gasteiger partial charge in [-0.1, -0.05) is 29.3 Å². The molecular weight excluding hydrogens is 264 g/mol. The molecule has 0 spiro atoms. The number of carbonyl (C=O) groups excluding carboxylic acids is 1. The van der Waals surface area contributed by atoms with E-state index in [9.17, 15) is 4.79 Å². The van der Waals surface area contributed by atoms with E-state index in [-0.39, 0.29) is 24.3 Å². The minimum atomic E-state index is -0.0105. The van der Waals surface area contributed by atoms with Gasteiger partial charge >= 0.3 is 6.03 Å². The lowest BCUT2D eigenvalue weighted by Crippen LogP contribution is -2.52. The molecule has 0 saturated carbocycles. The first-order chi connectivity index (χ1) is 9.85. The lowest BCUT2D eigenvalue weighted by molar-refractivity contribution is -0.0547. The summed E-state index contributed by atoms with van der Waals surface area (Å²) < 4.78 is 5.67. The normalized spacial score (nSPS) is 23.8. The van der Waals surface area contributed by atoms with Gasteiger partial charge in [0.2, 0.25) is 0 Å². The number of hydrogen-bond acceptors (Lipinski definition) is 2. The largest absolute Gasteiger partial charge is 0.372 e. The number of nitrogens with zero attached hydrogens (tertiary/aromatic N) is 1. The fraction of sp³-hybridized carbons (Fsp3) is 0.588. The fourth-order valence-electron chi connectivity index (χ4n) is 2.96. The van der Waals surface area contributed by atoms with Crippen molar-refractivity contribution in [3.8, 4) is 0 Å². The van der Waals surface area contributed by atoms with Crippen LogP contribution in [0.1, 0.15) is 43.5 Å². The molecule has 0 aromatic heterocycles. The van der Waals surface area contributed by atoms with Crippen molar-refractivity contribution >= 4 is 6.03 Å². The van der Waals surface area contributed by atoms with Crippen molar-refractivity contribution in [1.82, 2.24) is 10.2 Å². The minimum Gasteiger partial charge on any atom is -0.372 e. The molecule has 1 N–H and O–H groups in total. The predicted octanol–water partition coefficient (Wildman–Crippen LogP) is 3.18. The quantitative estimate of drug-likeness (QED) is 0.909. The van der Waals surface area contributed by atoms with E-state index < -0.39 is 0 Å². The average molecular weight is 290 g/mol. The maximum absolute atomic E-state index is 12.4. The van der Waals surface area contributed by atoms with Crippen LogP contribution in [0.3, 0.4) is 0 Å². The van der Waals surface area contributed by atoms with Gasteiger partial charge in [-0.2, -0.15) is 0 Å². The molecule has 3 atom stereocenters. The number of aryl methyl sites for hydroxylation is 2. The first-order valence-corrected chi connectivity index (χ1v) is 7.64. The molecule has 116 valence electrons. The predicted molar refractivity (Wildman–Crippen MR) is 84.4 cm³/mol. The summed E-state index contributed by atoms with van der Waals surface area (Å²) in [6.45, 7) is 11.5. The Balaban J connectivity index is 2.01. The Morgan fingerprint density at radius 1 is 1.19 bits per heavy atom. The molecule has 2 rings (SSSR count). The number of ether oxygens (including phenoxy) is 1. The van der Waals surface area contributed by atoms with E-state index in [2.05, 4.69) is 37.4 Å². The van der Waals surface area contributed by atoms with Gasteiger partial charge in [0.15, 0.2) is 0 Å². The van der Waals surface area contributed by atoms with Crippen LogP contribution in [-0.4, -0.2) is 36.2 Å². The molecule has 0 bridgehead atoms. The van der Waals surface area contributed by atoms with E-state index in [0.29, 0.717) is 13.1 Å². The molecule has 1 aromatic carbocycles. The fourth-order valence-corrected chi connectivity index (χ4v) is 2.96. The summed E-state index contributed by atoms with van der Waals surface area (Å²) in [6.07, 6.45) is 0.187. The molecule has 1 aliphatic heterocycles. The van der Waals surface area contributed by atoms with Crippen molar-refractivity contribution < 1.29 is 9.53 Å². The molecule has 0 aliphatic carbocycles. The second-order valence-corrected chi connectivity index (χ2v) is 6.25. The lowest BCUT2D eigenvalue weighted by atomic mass is 10.0. The van der Waals surface area contributed by atoms with Gasteiger partial charge in [-0.3, -0.25) is 0 Å². The second-order valence-electron chi connectivity index (χ2n) is 6.25. The van der Waals surface area contributed by atoms with Gasteiger partial charge in [-0.15, -0.1) is 0 Å². The van der Waals surface area contributed by atoms with Crippen LogP contribution >= 0.6 is 0 Å². The highest BCUT2D eigenvalue weighted by Gasteiger charge is 2.26. The van der Waals surface area contributed by atoms with Crippen LogP contribution < -0.4 is 5.32 Å². The van der Waals surface area contributed by atoms with Gasteiger partial charge in [-0.25, -0.2) is 4.79 Å². The molecule has 4 nitrogen and oxygen atoms in total. The van der Waals surface area contributed by atoms with Crippen LogP contribution in [-0.2, 0) is 4.74 Å². The van der Waals surface area contributed by atoms with E-state index in [1.165, 1.54) is 11.1 Å². The van der Waals surface area contributed by atoms with Crippen LogP contribution in [0.2, 0.25) is 0 Å². The van der Waals surface area contributed by atoms with Gasteiger partial charge in [0.05, 0.1) is 18.2 Å². The second kappa shape index (κ2) is 6.48. The number of urea groups is 1. The van der Waals surface area contributed by atoms with Crippen LogP contribution in [0.25, 0.3) is 0 Å². The molecule has 1 fully saturated rings. The maximum Gasteiger partial charge on any atom is 0.318 e. The zero-order valence-corrected chi connectivity index (χ0v) is 13.6. The number of carbonyl (C=O) groups is 1. The summed E-state index contributed by atoms with van der Waals surface area (Å²) >= 11 is 0. The Bertz CT molecular complexity index is 485. The molecule has 4 heteroatoms. The van der Waals surface area contributed by atoms with Crippen LogP contribution in [0.5, 0.6) is 0 Å². The molecule has 1 aliphatic rings. The van der Waals surface area contributed by atoms with E-state index in [1.807, 2.05) is 25.7 Å². The molecule has 21 heavy (non-hydrogen) atoms. The minimum absolute atomic E-state index is 0.00422. The Labute approximate surface area is 127 Å². The summed E-state index contributed by atoms with van der Waals surface area (Å²) in [5, 5.41) is 3.09. The van der Waals surface area contributed by atoms with Crippen LogP contribution in [0.4, 0.5) is 4.79 Å². The van der Waals surface area contributed by atoms with E-state index in [1.54, 1.807) is 0 Å². The molecule has 2 amide bonds. The third-order valence-corrected chi connectivity index (χ3v) is 3.79. The van der Waals surface area contributed by atoms with Gasteiger partial charge in [-0.05, 0) is 40.2 Å². The van der Waals surface area contributed by atoms with Crippen LogP contribution in [0.15, 0.2) is 18.2 Å². The third-order valence-electron chi connectivity index (χ3n) is 3.79. The van der Waals surface area contributed by atoms with Crippen LogP contribution in [0, 0.1) is 13.8 Å². The van der Waals surface area contributed by atoms with Gasteiger partial charge in [0.1, 0.15) is 0 Å². The number of benzene rings is 1. The highest BCUT2D eigenvalue weighted by Crippen LogP contribution is 2.18. The number of hydrogen-bond donors (Lipinski definition) is 1. The first kappa shape index (κ1) is 15.8. The highest BCUT2D eigenvalue weighted by atomic mass is 16.5. The van der Waals surface area contributed by atoms with Crippen molar-refractivity contribution in [1.29, 1.82) is 0 Å². The topological polar surface area (TPSA) is 41.6 Å². The molecule has 1 aromatic rings. The molecule has 0 radical (unpaired) electrons. The molecule has 3 unspecified atom stereocenters. The van der Waals surface area contributed by atoms with E-state index in [4.69, 9.17) is 4.74 Å². The van der Waals surface area contributed by atoms with Crippen molar-refractivity contribution in [3.63, 3.8) is 0 Å². The standard InChI is InChI=1S/C17H26N2O2/c1-11-6-12(2)8-16(7-11)15(5)18-17(20)19-9-13(3)21-14(4)10-19/h6-8,13-15H,9-10H2,1-5H3,(H,18,20). The summed E-state index contributed by atoms with van der Waals surface area (Å²) in [5.74, 6) is 0. The van der Waals surface area contributed by atoms with Gasteiger partial charge in [0.25, 0.3) is 0 Å². The van der Waals surface area contributed by atoms with Gasteiger partial charge < -0.3 is 15.0 Å². The van der Waals surface area contributed by atoms with Crippen molar-refractivity contribution in [3.05, 3.63) is 34.9 Å². The average Bonchev–Trinajstić information content (AvgIpc) is 2.36. The zero-order chi connectivity index (χ0) is 15.6. The lowest BCUT2D eigenvalue weighted by Gasteiger charge is -2.36. The number of rotatable bonds is 2. The zero-order valence-electron chi connectivity index (χ0n) is 13.6. The Morgan fingerprint density at radius 3 is 2.24 bits per heavy atom. The number of amides is 2. The summed E-state index contributed by atoms with van der Waals surface area (Å²) in [5.41, 5.74) is 3.59. The molecule has 1 saturated heterocycles. The van der Waals surface area contributed by atoms with E-state index >= 15 is 0 Å². The maximum atomic E-state index is 12.4. The highest BCUT2D eigenvalue weighted by molar-refractivity contribution is 5.75. The SMILES string of the molecule is Cc1cc(C)cc(C(C)NC(=O)N2CC(C)OC(C)C2)c1. The van der Waals surface area contributed by atoms with E-state index in [0.717, 1.165) is 5.56 Å². The van der Waals surface area contributed by atoms with Crippen molar-refractivity contribution in [2.75, 3.05) is 13.1 Å². The first-order valence-electron chi connectivity index (χ1n) is 7.64. The monoisotopic (exact) mass is 290 g/mol. The molecule has 1 heterocycles. The van der Waals surface area contributed by atoms with Crippen molar-refractivity contribution in [2.45, 2.75) is 52.9 Å². The van der Waals surface area contributed by atoms with Gasteiger partial charge in [0, 0.05) is 13.1 Å². The Kier molecular flexibility index (Phi) is 4.88. The summed E-state index contributed by atoms with van der Waals surface area (Å²) in [6, 6.07) is 6.39. The number of nitrogens with one attached hydrogen (secondary N) is 1. The summed E-state index contributed by atoms with van der Waals surface area (Å²) in [4.78, 5) is 14.2. The molecular formula is C17H26N2O2. The summed E-state index contributed by atoms with van der Waals surface area (Å²) in [7, 11) is 0. The third kappa shape index (κ3) is 4.21.